The summed E-state index contributed by atoms with van der Waals surface area (Å²) in [6.07, 6.45) is 2.00. The second-order valence-corrected chi connectivity index (χ2v) is 7.40. The Morgan fingerprint density at radius 1 is 1.21 bits per heavy atom. The summed E-state index contributed by atoms with van der Waals surface area (Å²) in [4.78, 5) is 18.7. The van der Waals surface area contributed by atoms with Crippen molar-refractivity contribution in [1.82, 2.24) is 10.2 Å². The molecule has 2 aliphatic heterocycles. The monoisotopic (exact) mass is 394 g/mol. The van der Waals surface area contributed by atoms with Gasteiger partial charge in [0.05, 0.1) is 13.2 Å². The van der Waals surface area contributed by atoms with Crippen LogP contribution in [0.15, 0.2) is 53.5 Å². The average Bonchev–Trinajstić information content (AvgIpc) is 3.21. The highest BCUT2D eigenvalue weighted by Crippen LogP contribution is 2.21. The minimum Gasteiger partial charge on any atom is -0.497 e. The van der Waals surface area contributed by atoms with Crippen molar-refractivity contribution in [3.63, 3.8) is 0 Å². The van der Waals surface area contributed by atoms with Crippen molar-refractivity contribution in [3.8, 4) is 5.75 Å². The van der Waals surface area contributed by atoms with Crippen molar-refractivity contribution in [2.45, 2.75) is 24.7 Å². The SMILES string of the molecule is COc1ccc(C2C=NC(Nc3ccc(C(=O)N4CC[C@H](O)C4)cc3)NC2)cc1. The largest absolute Gasteiger partial charge is 0.497 e. The molecule has 1 amide bonds. The lowest BCUT2D eigenvalue weighted by Gasteiger charge is -2.25. The van der Waals surface area contributed by atoms with Gasteiger partial charge in [-0.3, -0.25) is 15.1 Å². The van der Waals surface area contributed by atoms with Gasteiger partial charge in [0, 0.05) is 43.0 Å². The molecule has 0 radical (unpaired) electrons. The van der Waals surface area contributed by atoms with Gasteiger partial charge in [0.2, 0.25) is 0 Å². The molecule has 7 nitrogen and oxygen atoms in total. The van der Waals surface area contributed by atoms with Crippen molar-refractivity contribution >= 4 is 17.8 Å². The molecule has 2 aliphatic rings. The molecule has 2 heterocycles. The van der Waals surface area contributed by atoms with Gasteiger partial charge in [0.15, 0.2) is 6.29 Å². The standard InChI is InChI=1S/C22H26N4O3/c1-29-20-8-4-15(5-9-20)17-12-23-22(24-13-17)25-18-6-2-16(3-7-18)21(28)26-11-10-19(27)14-26/h2-9,12,17,19,22,24-25,27H,10-11,13-14H2,1H3/t17?,19-,22?/m0/s1. The Morgan fingerprint density at radius 3 is 2.55 bits per heavy atom. The third-order valence-corrected chi connectivity index (χ3v) is 5.38. The minimum atomic E-state index is -0.406. The van der Waals surface area contributed by atoms with Crippen LogP contribution in [-0.2, 0) is 0 Å². The van der Waals surface area contributed by atoms with E-state index in [0.717, 1.165) is 18.0 Å². The van der Waals surface area contributed by atoms with E-state index < -0.39 is 6.10 Å². The number of carbonyl (C=O) groups is 1. The normalized spacial score (nSPS) is 23.8. The maximum absolute atomic E-state index is 12.5. The van der Waals surface area contributed by atoms with Gasteiger partial charge in [-0.05, 0) is 48.4 Å². The van der Waals surface area contributed by atoms with Crippen LogP contribution in [0, 0.1) is 0 Å². The Hall–Kier alpha value is -2.90. The van der Waals surface area contributed by atoms with Crippen LogP contribution in [0.4, 0.5) is 5.69 Å². The summed E-state index contributed by atoms with van der Waals surface area (Å²) in [5, 5.41) is 16.3. The molecule has 0 spiro atoms. The number of aliphatic imine (C=N–C) groups is 1. The maximum atomic E-state index is 12.5. The molecule has 3 N–H and O–H groups in total. The number of nitrogens with zero attached hydrogens (tertiary/aromatic N) is 2. The lowest BCUT2D eigenvalue weighted by Crippen LogP contribution is -2.41. The number of benzene rings is 2. The van der Waals surface area contributed by atoms with Crippen LogP contribution < -0.4 is 15.4 Å². The Balaban J connectivity index is 1.33. The molecule has 29 heavy (non-hydrogen) atoms. The first-order valence-corrected chi connectivity index (χ1v) is 9.87. The molecule has 4 rings (SSSR count). The highest BCUT2D eigenvalue weighted by molar-refractivity contribution is 5.94. The van der Waals surface area contributed by atoms with Gasteiger partial charge in [-0.1, -0.05) is 12.1 Å². The fourth-order valence-electron chi connectivity index (χ4n) is 3.65. The topological polar surface area (TPSA) is 86.2 Å². The van der Waals surface area contributed by atoms with E-state index in [1.165, 1.54) is 5.56 Å². The highest BCUT2D eigenvalue weighted by atomic mass is 16.5. The summed E-state index contributed by atoms with van der Waals surface area (Å²) in [6.45, 7) is 1.80. The van der Waals surface area contributed by atoms with E-state index in [-0.39, 0.29) is 18.1 Å². The summed E-state index contributed by atoms with van der Waals surface area (Å²) in [7, 11) is 1.66. The molecule has 0 aliphatic carbocycles. The Labute approximate surface area is 170 Å². The van der Waals surface area contributed by atoms with Crippen LogP contribution in [0.1, 0.15) is 28.3 Å². The molecule has 2 aromatic carbocycles. The molecule has 7 heteroatoms. The fourth-order valence-corrected chi connectivity index (χ4v) is 3.65. The summed E-state index contributed by atoms with van der Waals surface area (Å²) in [5.41, 5.74) is 2.71. The molecule has 2 unspecified atom stereocenters. The number of hydrogen-bond acceptors (Lipinski definition) is 6. The van der Waals surface area contributed by atoms with Crippen molar-refractivity contribution < 1.29 is 14.6 Å². The van der Waals surface area contributed by atoms with E-state index in [1.54, 1.807) is 12.0 Å². The summed E-state index contributed by atoms with van der Waals surface area (Å²) >= 11 is 0. The molecular formula is C22H26N4O3. The zero-order valence-corrected chi connectivity index (χ0v) is 16.4. The number of β-amino-alcohol motifs (C(OH)–C–C–N with tert-alkyl or cyclic N) is 1. The molecule has 1 saturated heterocycles. The number of aliphatic hydroxyl groups excluding tert-OH is 1. The first kappa shape index (κ1) is 19.4. The summed E-state index contributed by atoms with van der Waals surface area (Å²) in [5.74, 6) is 1.02. The first-order chi connectivity index (χ1) is 14.1. The second-order valence-electron chi connectivity index (χ2n) is 7.40. The van der Waals surface area contributed by atoms with Crippen molar-refractivity contribution in [1.29, 1.82) is 0 Å². The van der Waals surface area contributed by atoms with E-state index in [9.17, 15) is 9.90 Å². The van der Waals surface area contributed by atoms with E-state index in [0.29, 0.717) is 25.1 Å². The second kappa shape index (κ2) is 8.63. The van der Waals surface area contributed by atoms with Gasteiger partial charge in [-0.2, -0.15) is 0 Å². The van der Waals surface area contributed by atoms with Crippen LogP contribution in [0.2, 0.25) is 0 Å². The fraction of sp³-hybridized carbons (Fsp3) is 0.364. The number of ether oxygens (including phenoxy) is 1. The van der Waals surface area contributed by atoms with Gasteiger partial charge < -0.3 is 20.1 Å². The minimum absolute atomic E-state index is 0.0377. The molecule has 0 bridgehead atoms. The van der Waals surface area contributed by atoms with Crippen LogP contribution in [0.3, 0.4) is 0 Å². The molecule has 0 aromatic heterocycles. The number of nitrogens with one attached hydrogen (secondary N) is 2. The number of anilines is 1. The van der Waals surface area contributed by atoms with Crippen LogP contribution in [0.25, 0.3) is 0 Å². The first-order valence-electron chi connectivity index (χ1n) is 9.87. The van der Waals surface area contributed by atoms with Crippen molar-refractivity contribution in [2.24, 2.45) is 4.99 Å². The Morgan fingerprint density at radius 2 is 1.97 bits per heavy atom. The molecular weight excluding hydrogens is 368 g/mol. The van der Waals surface area contributed by atoms with Crippen molar-refractivity contribution in [3.05, 3.63) is 59.7 Å². The molecule has 3 atom stereocenters. The lowest BCUT2D eigenvalue weighted by molar-refractivity contribution is 0.0765. The number of aliphatic hydroxyl groups is 1. The molecule has 0 saturated carbocycles. The third kappa shape index (κ3) is 4.58. The van der Waals surface area contributed by atoms with Gasteiger partial charge >= 0.3 is 0 Å². The van der Waals surface area contributed by atoms with Crippen molar-refractivity contribution in [2.75, 3.05) is 32.1 Å². The number of amides is 1. The Bertz CT molecular complexity index is 867. The predicted molar refractivity (Wildman–Crippen MR) is 113 cm³/mol. The highest BCUT2D eigenvalue weighted by Gasteiger charge is 2.25. The molecule has 1 fully saturated rings. The van der Waals surface area contributed by atoms with E-state index >= 15 is 0 Å². The maximum Gasteiger partial charge on any atom is 0.253 e. The van der Waals surface area contributed by atoms with E-state index in [2.05, 4.69) is 27.8 Å². The number of hydrogen-bond donors (Lipinski definition) is 3. The number of rotatable bonds is 5. The number of carbonyl (C=O) groups excluding carboxylic acids is 1. The van der Waals surface area contributed by atoms with E-state index in [1.807, 2.05) is 42.6 Å². The van der Waals surface area contributed by atoms with E-state index in [4.69, 9.17) is 4.74 Å². The summed E-state index contributed by atoms with van der Waals surface area (Å²) < 4.78 is 5.20. The zero-order chi connectivity index (χ0) is 20.2. The quantitative estimate of drug-likeness (QED) is 0.723. The van der Waals surface area contributed by atoms with Gasteiger partial charge in [0.1, 0.15) is 5.75 Å². The zero-order valence-electron chi connectivity index (χ0n) is 16.4. The van der Waals surface area contributed by atoms with Gasteiger partial charge in [-0.15, -0.1) is 0 Å². The predicted octanol–water partition coefficient (Wildman–Crippen LogP) is 2.06. The molecule has 2 aromatic rings. The smallest absolute Gasteiger partial charge is 0.253 e. The van der Waals surface area contributed by atoms with Crippen LogP contribution in [0.5, 0.6) is 5.75 Å². The van der Waals surface area contributed by atoms with Crippen LogP contribution in [-0.4, -0.2) is 61.3 Å². The third-order valence-electron chi connectivity index (χ3n) is 5.38. The Kier molecular flexibility index (Phi) is 5.78. The van der Waals surface area contributed by atoms with Gasteiger partial charge in [-0.25, -0.2) is 0 Å². The van der Waals surface area contributed by atoms with Gasteiger partial charge in [0.25, 0.3) is 5.91 Å². The molecule has 152 valence electrons. The average molecular weight is 394 g/mol. The number of methoxy groups -OCH3 is 1. The summed E-state index contributed by atoms with van der Waals surface area (Å²) in [6, 6.07) is 15.4. The lowest BCUT2D eigenvalue weighted by atomic mass is 9.99. The number of likely N-dealkylation sites (tertiary alicyclic amines) is 1. The van der Waals surface area contributed by atoms with Crippen LogP contribution >= 0.6 is 0 Å².